The number of methoxy groups -OCH3 is 2. The molecule has 1 atom stereocenters. The molecular weight excluding hydrogens is 526 g/mol. The Bertz CT molecular complexity index is 1350. The fourth-order valence-electron chi connectivity index (χ4n) is 7.46. The van der Waals surface area contributed by atoms with E-state index in [0.717, 1.165) is 89.1 Å². The molecule has 3 aromatic rings. The molecule has 0 N–H and O–H groups in total. The van der Waals surface area contributed by atoms with Crippen molar-refractivity contribution in [2.45, 2.75) is 57.6 Å². The van der Waals surface area contributed by atoms with Crippen LogP contribution in [0.2, 0.25) is 0 Å². The summed E-state index contributed by atoms with van der Waals surface area (Å²) in [6.07, 6.45) is 9.16. The number of aromatic nitrogens is 2. The predicted octanol–water partition coefficient (Wildman–Crippen LogP) is 5.06. The summed E-state index contributed by atoms with van der Waals surface area (Å²) in [4.78, 5) is 19.9. The third-order valence-corrected chi connectivity index (χ3v) is 10.2. The van der Waals surface area contributed by atoms with E-state index in [1.165, 1.54) is 16.8 Å². The van der Waals surface area contributed by atoms with Crippen molar-refractivity contribution >= 4 is 17.1 Å². The molecule has 3 fully saturated rings. The van der Waals surface area contributed by atoms with Gasteiger partial charge in [0.1, 0.15) is 0 Å². The summed E-state index contributed by atoms with van der Waals surface area (Å²) < 4.78 is 13.7. The van der Waals surface area contributed by atoms with Crippen LogP contribution >= 0.6 is 0 Å². The summed E-state index contributed by atoms with van der Waals surface area (Å²) in [7, 11) is 3.65. The zero-order chi connectivity index (χ0) is 29.3. The zero-order valence-electron chi connectivity index (χ0n) is 25.8. The first-order chi connectivity index (χ1) is 20.4. The zero-order valence-corrected chi connectivity index (χ0v) is 25.8. The number of nitrogens with zero attached hydrogens (tertiary/aromatic N) is 5. The van der Waals surface area contributed by atoms with Crippen LogP contribution in [-0.2, 0) is 19.9 Å². The van der Waals surface area contributed by atoms with Gasteiger partial charge in [0.25, 0.3) is 0 Å². The minimum absolute atomic E-state index is 0.249. The van der Waals surface area contributed by atoms with E-state index in [9.17, 15) is 4.79 Å². The summed E-state index contributed by atoms with van der Waals surface area (Å²) in [6, 6.07) is 13.8. The number of rotatable bonds is 9. The Morgan fingerprint density at radius 1 is 1.00 bits per heavy atom. The highest BCUT2D eigenvalue weighted by Gasteiger charge is 2.38. The van der Waals surface area contributed by atoms with E-state index in [0.29, 0.717) is 17.9 Å². The van der Waals surface area contributed by atoms with Crippen LogP contribution in [0.5, 0.6) is 0 Å². The normalized spacial score (nSPS) is 23.6. The molecule has 8 nitrogen and oxygen atoms in total. The number of benzene rings is 1. The quantitative estimate of drug-likeness (QED) is 0.357. The highest BCUT2D eigenvalue weighted by Crippen LogP contribution is 2.39. The van der Waals surface area contributed by atoms with Gasteiger partial charge < -0.3 is 19.3 Å². The van der Waals surface area contributed by atoms with Crippen LogP contribution < -0.4 is 4.90 Å². The van der Waals surface area contributed by atoms with Gasteiger partial charge in [0.2, 0.25) is 5.91 Å². The van der Waals surface area contributed by atoms with Gasteiger partial charge in [-0.05, 0) is 61.3 Å². The second kappa shape index (κ2) is 12.3. The fourth-order valence-corrected chi connectivity index (χ4v) is 7.46. The van der Waals surface area contributed by atoms with Gasteiger partial charge in [0, 0.05) is 83.4 Å². The number of hydrogen-bond acceptors (Lipinski definition) is 6. The highest BCUT2D eigenvalue weighted by atomic mass is 16.5. The van der Waals surface area contributed by atoms with Crippen molar-refractivity contribution in [2.75, 3.05) is 65.0 Å². The average Bonchev–Trinajstić information content (AvgIpc) is 3.47. The molecule has 0 bridgehead atoms. The lowest BCUT2D eigenvalue weighted by atomic mass is 9.75. The molecule has 2 aromatic heterocycles. The summed E-state index contributed by atoms with van der Waals surface area (Å²) in [5.41, 5.74) is 5.62. The Labute approximate surface area is 250 Å². The Balaban J connectivity index is 1.14. The number of piperidine rings is 1. The smallest absolute Gasteiger partial charge is 0.225 e. The van der Waals surface area contributed by atoms with Crippen LogP contribution in [0.3, 0.4) is 0 Å². The highest BCUT2D eigenvalue weighted by molar-refractivity contribution is 5.82. The minimum atomic E-state index is -0.249. The lowest BCUT2D eigenvalue weighted by Gasteiger charge is -2.43. The molecule has 0 radical (unpaired) electrons. The molecule has 1 aliphatic carbocycles. The van der Waals surface area contributed by atoms with Gasteiger partial charge in [-0.3, -0.25) is 9.69 Å². The molecule has 1 amide bonds. The van der Waals surface area contributed by atoms with Gasteiger partial charge in [-0.2, -0.15) is 5.10 Å². The minimum Gasteiger partial charge on any atom is -0.383 e. The summed E-state index contributed by atoms with van der Waals surface area (Å²) >= 11 is 0. The van der Waals surface area contributed by atoms with E-state index >= 15 is 0 Å². The standard InChI is InChI=1S/C34H47N5O3/c1-5-30(24-41-3)36-14-11-34(42-4,12-15-36)29-8-6-26(7-9-29)28-22-32-31(10-13-35-39(32)23-28)37-16-18-38(19-17-37)33(40)27-20-25(2)21-27/h6-10,13,22-23,25,27,30H,5,11-12,14-21,24H2,1-4H3/t25?,27?,30-/m1/s1. The number of ether oxygens (including phenoxy) is 2. The maximum atomic E-state index is 12.9. The number of anilines is 1. The monoisotopic (exact) mass is 573 g/mol. The van der Waals surface area contributed by atoms with E-state index in [1.54, 1.807) is 7.11 Å². The number of likely N-dealkylation sites (tertiary alicyclic amines) is 1. The van der Waals surface area contributed by atoms with Crippen LogP contribution in [0.1, 0.15) is 51.5 Å². The van der Waals surface area contributed by atoms with Crippen molar-refractivity contribution in [3.63, 3.8) is 0 Å². The van der Waals surface area contributed by atoms with Crippen LogP contribution in [-0.4, -0.2) is 91.5 Å². The molecule has 1 aromatic carbocycles. The van der Waals surface area contributed by atoms with Crippen LogP contribution in [0.4, 0.5) is 5.69 Å². The third-order valence-electron chi connectivity index (χ3n) is 10.2. The van der Waals surface area contributed by atoms with Crippen molar-refractivity contribution in [1.29, 1.82) is 0 Å². The maximum absolute atomic E-state index is 12.9. The maximum Gasteiger partial charge on any atom is 0.225 e. The first-order valence-electron chi connectivity index (χ1n) is 15.8. The molecule has 2 aliphatic heterocycles. The number of carbonyl (C=O) groups excluding carboxylic acids is 1. The van der Waals surface area contributed by atoms with Gasteiger partial charge in [0.15, 0.2) is 0 Å². The Hall–Kier alpha value is -2.94. The lowest BCUT2D eigenvalue weighted by molar-refractivity contribution is -0.140. The van der Waals surface area contributed by atoms with Crippen molar-refractivity contribution in [3.8, 4) is 11.1 Å². The van der Waals surface area contributed by atoms with Gasteiger partial charge in [0.05, 0.1) is 23.4 Å². The van der Waals surface area contributed by atoms with E-state index in [4.69, 9.17) is 9.47 Å². The number of amides is 1. The molecule has 3 aliphatic rings. The van der Waals surface area contributed by atoms with Crippen LogP contribution in [0.25, 0.3) is 16.6 Å². The molecule has 1 saturated carbocycles. The molecule has 2 saturated heterocycles. The second-order valence-corrected chi connectivity index (χ2v) is 12.7. The largest absolute Gasteiger partial charge is 0.383 e. The van der Waals surface area contributed by atoms with Crippen LogP contribution in [0.15, 0.2) is 48.8 Å². The molecule has 8 heteroatoms. The fraction of sp³-hybridized carbons (Fsp3) is 0.588. The summed E-state index contributed by atoms with van der Waals surface area (Å²) in [6.45, 7) is 10.6. The first kappa shape index (κ1) is 29.1. The summed E-state index contributed by atoms with van der Waals surface area (Å²) in [5, 5.41) is 4.62. The van der Waals surface area contributed by atoms with E-state index < -0.39 is 0 Å². The first-order valence-corrected chi connectivity index (χ1v) is 15.8. The van der Waals surface area contributed by atoms with Crippen molar-refractivity contribution in [3.05, 3.63) is 54.4 Å². The van der Waals surface area contributed by atoms with Gasteiger partial charge in [-0.1, -0.05) is 38.1 Å². The lowest BCUT2D eigenvalue weighted by Crippen LogP contribution is -2.52. The van der Waals surface area contributed by atoms with E-state index in [1.807, 2.05) is 17.8 Å². The van der Waals surface area contributed by atoms with Crippen LogP contribution in [0, 0.1) is 11.8 Å². The predicted molar refractivity (Wildman–Crippen MR) is 167 cm³/mol. The molecule has 42 heavy (non-hydrogen) atoms. The van der Waals surface area contributed by atoms with Crippen molar-refractivity contribution in [1.82, 2.24) is 19.4 Å². The summed E-state index contributed by atoms with van der Waals surface area (Å²) in [5.74, 6) is 1.31. The Kier molecular flexibility index (Phi) is 8.57. The molecule has 0 spiro atoms. The van der Waals surface area contributed by atoms with Crippen molar-refractivity contribution in [2.24, 2.45) is 11.8 Å². The van der Waals surface area contributed by atoms with Crippen molar-refractivity contribution < 1.29 is 14.3 Å². The van der Waals surface area contributed by atoms with E-state index in [-0.39, 0.29) is 11.5 Å². The number of piperazine rings is 1. The molecule has 226 valence electrons. The van der Waals surface area contributed by atoms with Gasteiger partial charge in [-0.15, -0.1) is 0 Å². The van der Waals surface area contributed by atoms with Gasteiger partial charge in [-0.25, -0.2) is 4.52 Å². The molecule has 4 heterocycles. The molecule has 6 rings (SSSR count). The van der Waals surface area contributed by atoms with Gasteiger partial charge >= 0.3 is 0 Å². The molecular formula is C34H47N5O3. The number of fused-ring (bicyclic) bond motifs is 1. The second-order valence-electron chi connectivity index (χ2n) is 12.7. The SMILES string of the molecule is CC[C@H](COC)N1CCC(OC)(c2ccc(-c3cc4c(N5CCN(C(=O)C6CC(C)C6)CC5)ccnn4c3)cc2)CC1. The Morgan fingerprint density at radius 3 is 2.33 bits per heavy atom. The topological polar surface area (TPSA) is 62.6 Å². The number of carbonyl (C=O) groups is 1. The van der Waals surface area contributed by atoms with E-state index in [2.05, 4.69) is 76.2 Å². The number of hydrogen-bond donors (Lipinski definition) is 0. The molecule has 0 unspecified atom stereocenters. The third kappa shape index (κ3) is 5.56. The Morgan fingerprint density at radius 2 is 1.71 bits per heavy atom. The average molecular weight is 574 g/mol.